The maximum atomic E-state index is 11.7. The van der Waals surface area contributed by atoms with Crippen molar-refractivity contribution in [2.75, 3.05) is 0 Å². The molecule has 0 aliphatic heterocycles. The molecule has 0 N–H and O–H groups in total. The number of nitrogens with zero attached hydrogens (tertiary/aromatic N) is 1. The van der Waals surface area contributed by atoms with E-state index in [1.165, 1.54) is 12.1 Å². The third-order valence-corrected chi connectivity index (χ3v) is 3.01. The van der Waals surface area contributed by atoms with Crippen LogP contribution in [0.1, 0.15) is 16.7 Å². The van der Waals surface area contributed by atoms with Crippen LogP contribution in [0.2, 0.25) is 0 Å². The molecular weight excluding hydrogens is 282 g/mol. The van der Waals surface area contributed by atoms with E-state index in [9.17, 15) is 14.9 Å². The Labute approximate surface area is 128 Å². The number of carbonyl (C=O) groups is 1. The summed E-state index contributed by atoms with van der Waals surface area (Å²) in [6, 6.07) is 13.9. The van der Waals surface area contributed by atoms with Gasteiger partial charge in [0.15, 0.2) is 0 Å². The average Bonchev–Trinajstić information content (AvgIpc) is 2.51. The fourth-order valence-corrected chi connectivity index (χ4v) is 1.95. The van der Waals surface area contributed by atoms with E-state index in [0.717, 1.165) is 11.1 Å². The topological polar surface area (TPSA) is 69.4 Å². The summed E-state index contributed by atoms with van der Waals surface area (Å²) < 4.78 is 5.04. The van der Waals surface area contributed by atoms with Crippen molar-refractivity contribution in [3.05, 3.63) is 81.4 Å². The van der Waals surface area contributed by atoms with Crippen LogP contribution in [-0.4, -0.2) is 10.9 Å². The van der Waals surface area contributed by atoms with Gasteiger partial charge >= 0.3 is 5.97 Å². The standard InChI is InChI=1S/C17H15NO4/c1-13-5-4-6-14(11-13)9-10-17(19)22-12-15-7-2-3-8-16(15)18(20)21/h2-11H,12H2,1H3/b10-9+. The minimum Gasteiger partial charge on any atom is -0.457 e. The lowest BCUT2D eigenvalue weighted by molar-refractivity contribution is -0.385. The predicted molar refractivity (Wildman–Crippen MR) is 83.1 cm³/mol. The van der Waals surface area contributed by atoms with Gasteiger partial charge in [0.1, 0.15) is 6.61 Å². The van der Waals surface area contributed by atoms with Crippen molar-refractivity contribution in [2.24, 2.45) is 0 Å². The van der Waals surface area contributed by atoms with Crippen molar-refractivity contribution in [2.45, 2.75) is 13.5 Å². The zero-order chi connectivity index (χ0) is 15.9. The minimum atomic E-state index is -0.542. The van der Waals surface area contributed by atoms with Gasteiger partial charge in [0.05, 0.1) is 10.5 Å². The second-order valence-corrected chi connectivity index (χ2v) is 4.74. The monoisotopic (exact) mass is 297 g/mol. The van der Waals surface area contributed by atoms with Crippen LogP contribution < -0.4 is 0 Å². The smallest absolute Gasteiger partial charge is 0.331 e. The van der Waals surface area contributed by atoms with E-state index < -0.39 is 10.9 Å². The number of aryl methyl sites for hydroxylation is 1. The fourth-order valence-electron chi connectivity index (χ4n) is 1.95. The van der Waals surface area contributed by atoms with Gasteiger partial charge in [-0.2, -0.15) is 0 Å². The third kappa shape index (κ3) is 4.28. The third-order valence-electron chi connectivity index (χ3n) is 3.01. The number of ether oxygens (including phenoxy) is 1. The number of benzene rings is 2. The molecule has 0 aromatic heterocycles. The normalized spacial score (nSPS) is 10.6. The van der Waals surface area contributed by atoms with Crippen molar-refractivity contribution in [3.63, 3.8) is 0 Å². The first-order valence-corrected chi connectivity index (χ1v) is 6.70. The van der Waals surface area contributed by atoms with Crippen LogP contribution in [0.25, 0.3) is 6.08 Å². The Morgan fingerprint density at radius 1 is 1.23 bits per heavy atom. The van der Waals surface area contributed by atoms with Crippen LogP contribution in [0.4, 0.5) is 5.69 Å². The molecule has 0 aliphatic carbocycles. The number of hydrogen-bond donors (Lipinski definition) is 0. The number of esters is 1. The molecule has 0 heterocycles. The summed E-state index contributed by atoms with van der Waals surface area (Å²) in [4.78, 5) is 22.0. The van der Waals surface area contributed by atoms with Crippen LogP contribution >= 0.6 is 0 Å². The SMILES string of the molecule is Cc1cccc(/C=C/C(=O)OCc2ccccc2[N+](=O)[O-])c1. The maximum Gasteiger partial charge on any atom is 0.331 e. The molecule has 5 nitrogen and oxygen atoms in total. The highest BCUT2D eigenvalue weighted by Crippen LogP contribution is 2.18. The zero-order valence-electron chi connectivity index (χ0n) is 12.1. The summed E-state index contributed by atoms with van der Waals surface area (Å²) in [5.74, 6) is -0.542. The first-order valence-electron chi connectivity index (χ1n) is 6.70. The molecular formula is C17H15NO4. The van der Waals surface area contributed by atoms with Crippen molar-refractivity contribution >= 4 is 17.7 Å². The van der Waals surface area contributed by atoms with E-state index in [-0.39, 0.29) is 12.3 Å². The molecule has 2 aromatic rings. The first-order chi connectivity index (χ1) is 10.6. The van der Waals surface area contributed by atoms with Crippen LogP contribution in [0.15, 0.2) is 54.6 Å². The number of nitro benzene ring substituents is 1. The number of para-hydroxylation sites is 1. The minimum absolute atomic E-state index is 0.0574. The number of carbonyl (C=O) groups excluding carboxylic acids is 1. The predicted octanol–water partition coefficient (Wildman–Crippen LogP) is 3.66. The Bertz CT molecular complexity index is 722. The molecule has 0 unspecified atom stereocenters. The quantitative estimate of drug-likeness (QED) is 0.365. The molecule has 0 saturated carbocycles. The fraction of sp³-hybridized carbons (Fsp3) is 0.118. The Kier molecular flexibility index (Phi) is 5.03. The lowest BCUT2D eigenvalue weighted by atomic mass is 10.1. The Morgan fingerprint density at radius 3 is 2.73 bits per heavy atom. The van der Waals surface area contributed by atoms with E-state index in [1.807, 2.05) is 31.2 Å². The van der Waals surface area contributed by atoms with Gasteiger partial charge in [0.25, 0.3) is 5.69 Å². The molecule has 0 saturated heterocycles. The highest BCUT2D eigenvalue weighted by Gasteiger charge is 2.13. The zero-order valence-corrected chi connectivity index (χ0v) is 12.1. The Balaban J connectivity index is 1.97. The van der Waals surface area contributed by atoms with Crippen LogP contribution in [0, 0.1) is 17.0 Å². The van der Waals surface area contributed by atoms with Crippen molar-refractivity contribution in [3.8, 4) is 0 Å². The Hall–Kier alpha value is -2.95. The van der Waals surface area contributed by atoms with Gasteiger partial charge in [0, 0.05) is 12.1 Å². The van der Waals surface area contributed by atoms with Gasteiger partial charge in [-0.25, -0.2) is 4.79 Å². The van der Waals surface area contributed by atoms with E-state index >= 15 is 0 Å². The van der Waals surface area contributed by atoms with Crippen molar-refractivity contribution in [1.82, 2.24) is 0 Å². The van der Waals surface area contributed by atoms with Gasteiger partial charge in [0.2, 0.25) is 0 Å². The molecule has 0 bridgehead atoms. The molecule has 0 atom stereocenters. The highest BCUT2D eigenvalue weighted by atomic mass is 16.6. The van der Waals surface area contributed by atoms with E-state index in [4.69, 9.17) is 4.74 Å². The number of hydrogen-bond acceptors (Lipinski definition) is 4. The van der Waals surface area contributed by atoms with E-state index in [0.29, 0.717) is 5.56 Å². The highest BCUT2D eigenvalue weighted by molar-refractivity contribution is 5.87. The molecule has 5 heteroatoms. The summed E-state index contributed by atoms with van der Waals surface area (Å²) in [5, 5.41) is 10.9. The van der Waals surface area contributed by atoms with Gasteiger partial charge in [-0.3, -0.25) is 10.1 Å². The summed E-state index contributed by atoms with van der Waals surface area (Å²) >= 11 is 0. The van der Waals surface area contributed by atoms with Gasteiger partial charge < -0.3 is 4.74 Å². The van der Waals surface area contributed by atoms with Crippen LogP contribution in [0.5, 0.6) is 0 Å². The van der Waals surface area contributed by atoms with Crippen LogP contribution in [-0.2, 0) is 16.1 Å². The molecule has 0 fully saturated rings. The molecule has 0 spiro atoms. The lowest BCUT2D eigenvalue weighted by Crippen LogP contribution is -2.03. The molecule has 22 heavy (non-hydrogen) atoms. The number of nitro groups is 1. The summed E-state index contributed by atoms with van der Waals surface area (Å²) in [5.41, 5.74) is 2.29. The second kappa shape index (κ2) is 7.17. The van der Waals surface area contributed by atoms with Gasteiger partial charge in [-0.15, -0.1) is 0 Å². The molecule has 0 amide bonds. The first kappa shape index (κ1) is 15.4. The summed E-state index contributed by atoms with van der Waals surface area (Å²) in [7, 11) is 0. The van der Waals surface area contributed by atoms with Gasteiger partial charge in [-0.1, -0.05) is 42.0 Å². The molecule has 112 valence electrons. The lowest BCUT2D eigenvalue weighted by Gasteiger charge is -2.03. The number of rotatable bonds is 5. The van der Waals surface area contributed by atoms with Crippen molar-refractivity contribution < 1.29 is 14.5 Å². The summed E-state index contributed by atoms with van der Waals surface area (Å²) in [6.45, 7) is 1.83. The van der Waals surface area contributed by atoms with Crippen LogP contribution in [0.3, 0.4) is 0 Å². The molecule has 2 rings (SSSR count). The average molecular weight is 297 g/mol. The van der Waals surface area contributed by atoms with E-state index in [2.05, 4.69) is 0 Å². The van der Waals surface area contributed by atoms with E-state index in [1.54, 1.807) is 24.3 Å². The second-order valence-electron chi connectivity index (χ2n) is 4.74. The molecule has 0 aliphatic rings. The maximum absolute atomic E-state index is 11.7. The molecule has 0 radical (unpaired) electrons. The summed E-state index contributed by atoms with van der Waals surface area (Å²) in [6.07, 6.45) is 2.96. The Morgan fingerprint density at radius 2 is 2.00 bits per heavy atom. The largest absolute Gasteiger partial charge is 0.457 e. The van der Waals surface area contributed by atoms with Crippen molar-refractivity contribution in [1.29, 1.82) is 0 Å². The van der Waals surface area contributed by atoms with Gasteiger partial charge in [-0.05, 0) is 24.6 Å². The molecule has 2 aromatic carbocycles.